The lowest BCUT2D eigenvalue weighted by molar-refractivity contribution is -0.141. The third kappa shape index (κ3) is 6.89. The molecule has 0 aromatic rings. The zero-order valence-electron chi connectivity index (χ0n) is 11.3. The molecular formula is C14H22O4. The molecule has 0 bridgehead atoms. The molecule has 0 aromatic carbocycles. The first-order chi connectivity index (χ1) is 8.52. The van der Waals surface area contributed by atoms with Crippen molar-refractivity contribution in [2.75, 3.05) is 13.2 Å². The minimum Gasteiger partial charge on any atom is -0.462 e. The summed E-state index contributed by atoms with van der Waals surface area (Å²) >= 11 is 0. The fourth-order valence-corrected chi connectivity index (χ4v) is 1.03. The molecule has 0 N–H and O–H groups in total. The van der Waals surface area contributed by atoms with Crippen molar-refractivity contribution in [1.82, 2.24) is 0 Å². The number of hydrogen-bond acceptors (Lipinski definition) is 4. The van der Waals surface area contributed by atoms with E-state index in [1.54, 1.807) is 0 Å². The SMILES string of the molecule is C=C(CC)C(=O)OCCCCOC(=O)C(=C)CC. The fourth-order valence-electron chi connectivity index (χ4n) is 1.03. The Morgan fingerprint density at radius 1 is 0.833 bits per heavy atom. The van der Waals surface area contributed by atoms with E-state index in [-0.39, 0.29) is 11.9 Å². The van der Waals surface area contributed by atoms with Crippen LogP contribution in [-0.4, -0.2) is 25.2 Å². The highest BCUT2D eigenvalue weighted by Gasteiger charge is 2.07. The highest BCUT2D eigenvalue weighted by molar-refractivity contribution is 5.87. The lowest BCUT2D eigenvalue weighted by Gasteiger charge is -2.07. The summed E-state index contributed by atoms with van der Waals surface area (Å²) in [5.74, 6) is -0.706. The van der Waals surface area contributed by atoms with E-state index in [0.717, 1.165) is 0 Å². The van der Waals surface area contributed by atoms with Crippen molar-refractivity contribution in [2.45, 2.75) is 39.5 Å². The number of hydrogen-bond donors (Lipinski definition) is 0. The summed E-state index contributed by atoms with van der Waals surface area (Å²) in [5.41, 5.74) is 0.946. The molecule has 0 rings (SSSR count). The van der Waals surface area contributed by atoms with E-state index in [1.165, 1.54) is 0 Å². The lowest BCUT2D eigenvalue weighted by atomic mass is 10.2. The Balaban J connectivity index is 3.52. The van der Waals surface area contributed by atoms with Crippen LogP contribution < -0.4 is 0 Å². The lowest BCUT2D eigenvalue weighted by Crippen LogP contribution is -2.10. The van der Waals surface area contributed by atoms with Crippen LogP contribution in [0.25, 0.3) is 0 Å². The summed E-state index contributed by atoms with van der Waals surface area (Å²) in [4.78, 5) is 22.4. The van der Waals surface area contributed by atoms with E-state index >= 15 is 0 Å². The first kappa shape index (κ1) is 16.4. The van der Waals surface area contributed by atoms with E-state index in [0.29, 0.717) is 50.0 Å². The zero-order chi connectivity index (χ0) is 14.0. The predicted molar refractivity (Wildman–Crippen MR) is 70.0 cm³/mol. The molecule has 0 aromatic heterocycles. The number of ether oxygens (including phenoxy) is 2. The van der Waals surface area contributed by atoms with Crippen molar-refractivity contribution >= 4 is 11.9 Å². The van der Waals surface area contributed by atoms with E-state index in [2.05, 4.69) is 13.2 Å². The van der Waals surface area contributed by atoms with Gasteiger partial charge in [0.25, 0.3) is 0 Å². The Bertz CT molecular complexity index is 286. The van der Waals surface area contributed by atoms with Gasteiger partial charge in [-0.25, -0.2) is 9.59 Å². The minimum absolute atomic E-state index is 0.324. The standard InChI is InChI=1S/C14H22O4/c1-5-11(3)13(15)17-9-7-8-10-18-14(16)12(4)6-2/h3-10H2,1-2H3. The van der Waals surface area contributed by atoms with Gasteiger partial charge in [-0.15, -0.1) is 0 Å². The maximum absolute atomic E-state index is 11.2. The molecule has 0 saturated heterocycles. The molecule has 0 aliphatic heterocycles. The molecule has 0 atom stereocenters. The van der Waals surface area contributed by atoms with Crippen molar-refractivity contribution in [3.63, 3.8) is 0 Å². The van der Waals surface area contributed by atoms with Crippen LogP contribution in [-0.2, 0) is 19.1 Å². The molecule has 0 aliphatic carbocycles. The van der Waals surface area contributed by atoms with Gasteiger partial charge in [-0.2, -0.15) is 0 Å². The number of carbonyl (C=O) groups is 2. The average Bonchev–Trinajstić information content (AvgIpc) is 2.39. The van der Waals surface area contributed by atoms with Gasteiger partial charge in [0.05, 0.1) is 13.2 Å². The molecule has 18 heavy (non-hydrogen) atoms. The third-order valence-electron chi connectivity index (χ3n) is 2.44. The van der Waals surface area contributed by atoms with Gasteiger partial charge in [0.1, 0.15) is 0 Å². The number of unbranched alkanes of at least 4 members (excludes halogenated alkanes) is 1. The van der Waals surface area contributed by atoms with Gasteiger partial charge < -0.3 is 9.47 Å². The topological polar surface area (TPSA) is 52.6 Å². The second-order valence-electron chi connectivity index (χ2n) is 3.89. The number of esters is 2. The summed E-state index contributed by atoms with van der Waals surface area (Å²) in [7, 11) is 0. The second kappa shape index (κ2) is 9.45. The zero-order valence-corrected chi connectivity index (χ0v) is 11.3. The monoisotopic (exact) mass is 254 g/mol. The Morgan fingerprint density at radius 2 is 1.17 bits per heavy atom. The van der Waals surface area contributed by atoms with E-state index < -0.39 is 0 Å². The minimum atomic E-state index is -0.353. The van der Waals surface area contributed by atoms with E-state index in [1.807, 2.05) is 13.8 Å². The van der Waals surface area contributed by atoms with Crippen LogP contribution in [0.2, 0.25) is 0 Å². The fraction of sp³-hybridized carbons (Fsp3) is 0.571. The van der Waals surface area contributed by atoms with Crippen molar-refractivity contribution in [3.05, 3.63) is 24.3 Å². The number of rotatable bonds is 9. The highest BCUT2D eigenvalue weighted by atomic mass is 16.5. The molecule has 4 nitrogen and oxygen atoms in total. The molecule has 0 amide bonds. The maximum atomic E-state index is 11.2. The Labute approximate surface area is 109 Å². The third-order valence-corrected chi connectivity index (χ3v) is 2.44. The Morgan fingerprint density at radius 3 is 1.44 bits per heavy atom. The van der Waals surface area contributed by atoms with Crippen molar-refractivity contribution in [3.8, 4) is 0 Å². The Hall–Kier alpha value is -1.58. The van der Waals surface area contributed by atoms with Gasteiger partial charge in [-0.3, -0.25) is 0 Å². The normalized spacial score (nSPS) is 9.67. The van der Waals surface area contributed by atoms with Gasteiger partial charge in [-0.05, 0) is 25.7 Å². The second-order valence-corrected chi connectivity index (χ2v) is 3.89. The molecule has 102 valence electrons. The predicted octanol–water partition coefficient (Wildman–Crippen LogP) is 2.79. The van der Waals surface area contributed by atoms with E-state index in [9.17, 15) is 9.59 Å². The summed E-state index contributed by atoms with van der Waals surface area (Å²) in [6.45, 7) is 11.5. The van der Waals surface area contributed by atoms with Crippen LogP contribution in [0, 0.1) is 0 Å². The molecule has 0 saturated carbocycles. The number of carbonyl (C=O) groups excluding carboxylic acids is 2. The van der Waals surface area contributed by atoms with Crippen LogP contribution in [0.15, 0.2) is 24.3 Å². The summed E-state index contributed by atoms with van der Waals surface area (Å²) in [6, 6.07) is 0. The van der Waals surface area contributed by atoms with Gasteiger partial charge >= 0.3 is 11.9 Å². The summed E-state index contributed by atoms with van der Waals surface area (Å²) in [6.07, 6.45) is 2.51. The van der Waals surface area contributed by atoms with Crippen LogP contribution >= 0.6 is 0 Å². The van der Waals surface area contributed by atoms with Crippen molar-refractivity contribution in [2.24, 2.45) is 0 Å². The highest BCUT2D eigenvalue weighted by Crippen LogP contribution is 2.03. The molecule has 0 fully saturated rings. The molecule has 0 spiro atoms. The summed E-state index contributed by atoms with van der Waals surface area (Å²) in [5, 5.41) is 0. The first-order valence-corrected chi connectivity index (χ1v) is 6.22. The quantitative estimate of drug-likeness (QED) is 0.360. The smallest absolute Gasteiger partial charge is 0.333 e. The van der Waals surface area contributed by atoms with Crippen molar-refractivity contribution in [1.29, 1.82) is 0 Å². The van der Waals surface area contributed by atoms with E-state index in [4.69, 9.17) is 9.47 Å². The van der Waals surface area contributed by atoms with Gasteiger partial charge in [-0.1, -0.05) is 27.0 Å². The Kier molecular flexibility index (Phi) is 8.62. The van der Waals surface area contributed by atoms with Gasteiger partial charge in [0.2, 0.25) is 0 Å². The van der Waals surface area contributed by atoms with Crippen LogP contribution in [0.1, 0.15) is 39.5 Å². The largest absolute Gasteiger partial charge is 0.462 e. The maximum Gasteiger partial charge on any atom is 0.333 e. The molecule has 0 heterocycles. The molecule has 4 heteroatoms. The van der Waals surface area contributed by atoms with Crippen molar-refractivity contribution < 1.29 is 19.1 Å². The van der Waals surface area contributed by atoms with Gasteiger partial charge in [0.15, 0.2) is 0 Å². The van der Waals surface area contributed by atoms with Crippen LogP contribution in [0.5, 0.6) is 0 Å². The molecule has 0 unspecified atom stereocenters. The van der Waals surface area contributed by atoms with Crippen LogP contribution in [0.3, 0.4) is 0 Å². The summed E-state index contributed by atoms with van der Waals surface area (Å²) < 4.78 is 9.95. The average molecular weight is 254 g/mol. The first-order valence-electron chi connectivity index (χ1n) is 6.22. The molecule has 0 aliphatic rings. The van der Waals surface area contributed by atoms with Gasteiger partial charge in [0, 0.05) is 11.1 Å². The molecule has 0 radical (unpaired) electrons. The molecular weight excluding hydrogens is 232 g/mol. The van der Waals surface area contributed by atoms with Crippen LogP contribution in [0.4, 0.5) is 0 Å².